The summed E-state index contributed by atoms with van der Waals surface area (Å²) in [5.41, 5.74) is 1.01. The van der Waals surface area contributed by atoms with E-state index in [1.165, 1.54) is 47.9 Å². The summed E-state index contributed by atoms with van der Waals surface area (Å²) in [6, 6.07) is 24.1. The van der Waals surface area contributed by atoms with Gasteiger partial charge in [-0.15, -0.1) is 5.75 Å². The van der Waals surface area contributed by atoms with E-state index in [4.69, 9.17) is 23.8 Å². The molecule has 0 radical (unpaired) electrons. The minimum atomic E-state index is -3.89. The molecular weight excluding hydrogens is 507 g/mol. The number of nitriles is 1. The number of pyridine rings is 1. The topological polar surface area (TPSA) is 122 Å². The predicted molar refractivity (Wildman–Crippen MR) is 137 cm³/mol. The number of methoxy groups -OCH3 is 2. The molecule has 0 atom stereocenters. The SMILES string of the molecule is COc1ccc(OP(=O)(Oc2ccc(OC)cc2)[n+]2ccc(C(C)=O)cc2)cc1.N#Cc1ccc([O-])cc1. The summed E-state index contributed by atoms with van der Waals surface area (Å²) in [5.74, 6) is 1.80. The quantitative estimate of drug-likeness (QED) is 0.231. The number of nitrogens with zero attached hydrogens (tertiary/aromatic N) is 2. The first-order chi connectivity index (χ1) is 18.3. The number of carbonyl (C=O) groups excluding carboxylic acids is 1. The van der Waals surface area contributed by atoms with Gasteiger partial charge in [0.25, 0.3) is 0 Å². The largest absolute Gasteiger partial charge is 0.872 e. The van der Waals surface area contributed by atoms with Crippen LogP contribution in [0, 0.1) is 11.3 Å². The van der Waals surface area contributed by atoms with Crippen molar-refractivity contribution in [1.29, 1.82) is 5.26 Å². The van der Waals surface area contributed by atoms with Crippen molar-refractivity contribution in [3.8, 4) is 34.8 Å². The molecule has 194 valence electrons. The lowest BCUT2D eigenvalue weighted by atomic mass is 10.2. The van der Waals surface area contributed by atoms with Crippen LogP contribution in [0.4, 0.5) is 0 Å². The second-order valence-corrected chi connectivity index (χ2v) is 9.43. The average Bonchev–Trinajstić information content (AvgIpc) is 2.94. The van der Waals surface area contributed by atoms with Gasteiger partial charge in [-0.25, -0.2) is 0 Å². The van der Waals surface area contributed by atoms with E-state index in [-0.39, 0.29) is 11.5 Å². The van der Waals surface area contributed by atoms with Gasteiger partial charge in [0.15, 0.2) is 18.2 Å². The van der Waals surface area contributed by atoms with Crippen LogP contribution >= 0.6 is 7.75 Å². The fraction of sp³-hybridized carbons (Fsp3) is 0.107. The first-order valence-corrected chi connectivity index (χ1v) is 12.7. The zero-order chi connectivity index (χ0) is 27.5. The Labute approximate surface area is 220 Å². The smallest absolute Gasteiger partial charge is 0.728 e. The van der Waals surface area contributed by atoms with E-state index in [2.05, 4.69) is 0 Å². The van der Waals surface area contributed by atoms with Crippen LogP contribution in [0.5, 0.6) is 28.7 Å². The van der Waals surface area contributed by atoms with Crippen LogP contribution < -0.4 is 28.0 Å². The lowest BCUT2D eigenvalue weighted by molar-refractivity contribution is -0.536. The van der Waals surface area contributed by atoms with Crippen LogP contribution in [-0.4, -0.2) is 20.0 Å². The molecule has 0 aliphatic rings. The van der Waals surface area contributed by atoms with Gasteiger partial charge in [-0.2, -0.15) is 9.83 Å². The van der Waals surface area contributed by atoms with E-state index in [0.717, 1.165) is 0 Å². The number of hydrogen-bond acceptors (Lipinski definition) is 8. The van der Waals surface area contributed by atoms with Crippen molar-refractivity contribution in [2.75, 3.05) is 14.2 Å². The lowest BCUT2D eigenvalue weighted by Crippen LogP contribution is -2.35. The molecule has 0 saturated heterocycles. The molecule has 0 fully saturated rings. The predicted octanol–water partition coefficient (Wildman–Crippen LogP) is 4.94. The highest BCUT2D eigenvalue weighted by molar-refractivity contribution is 7.47. The molecule has 3 aromatic carbocycles. The number of ketones is 1. The third-order valence-corrected chi connectivity index (χ3v) is 6.76. The van der Waals surface area contributed by atoms with Crippen LogP contribution in [0.15, 0.2) is 97.3 Å². The Kier molecular flexibility index (Phi) is 9.47. The zero-order valence-electron chi connectivity index (χ0n) is 20.9. The number of hydrogen-bond donors (Lipinski definition) is 0. The van der Waals surface area contributed by atoms with Crippen LogP contribution in [0.25, 0.3) is 0 Å². The summed E-state index contributed by atoms with van der Waals surface area (Å²) in [5, 5.41) is 18.7. The van der Waals surface area contributed by atoms with Gasteiger partial charge in [0, 0.05) is 17.7 Å². The minimum Gasteiger partial charge on any atom is -0.872 e. The number of ether oxygens (including phenoxy) is 2. The van der Waals surface area contributed by atoms with E-state index in [9.17, 15) is 14.5 Å². The maximum Gasteiger partial charge on any atom is 0.728 e. The van der Waals surface area contributed by atoms with Gasteiger partial charge in [-0.3, -0.25) is 4.79 Å². The highest BCUT2D eigenvalue weighted by atomic mass is 31.2. The molecule has 1 heterocycles. The monoisotopic (exact) mass is 532 g/mol. The molecule has 0 aliphatic carbocycles. The summed E-state index contributed by atoms with van der Waals surface area (Å²) < 4.78 is 36.8. The molecule has 4 rings (SSSR count). The van der Waals surface area contributed by atoms with E-state index in [1.807, 2.05) is 6.07 Å². The summed E-state index contributed by atoms with van der Waals surface area (Å²) >= 11 is 0. The molecule has 9 nitrogen and oxygen atoms in total. The summed E-state index contributed by atoms with van der Waals surface area (Å²) in [6.07, 6.45) is 2.98. The number of aromatic nitrogens is 1. The highest BCUT2D eigenvalue weighted by Gasteiger charge is 2.42. The van der Waals surface area contributed by atoms with Gasteiger partial charge in [0.05, 0.1) is 25.9 Å². The Morgan fingerprint density at radius 1 is 0.763 bits per heavy atom. The zero-order valence-corrected chi connectivity index (χ0v) is 21.8. The van der Waals surface area contributed by atoms with E-state index >= 15 is 0 Å². The Balaban J connectivity index is 0.000000375. The third kappa shape index (κ3) is 7.60. The Bertz CT molecular complexity index is 1380. The average molecular weight is 532 g/mol. The molecule has 1 aromatic heterocycles. The van der Waals surface area contributed by atoms with E-state index in [1.54, 1.807) is 74.9 Å². The summed E-state index contributed by atoms with van der Waals surface area (Å²) in [4.78, 5) is 11.5. The maximum absolute atomic E-state index is 13.7. The molecule has 0 unspecified atom stereocenters. The molecule has 0 spiro atoms. The van der Waals surface area contributed by atoms with Gasteiger partial charge >= 0.3 is 7.75 Å². The van der Waals surface area contributed by atoms with Crippen molar-refractivity contribution in [3.05, 3.63) is 108 Å². The molecule has 0 saturated carbocycles. The van der Waals surface area contributed by atoms with Crippen LogP contribution in [0.3, 0.4) is 0 Å². The van der Waals surface area contributed by atoms with E-state index in [0.29, 0.717) is 34.1 Å². The maximum atomic E-state index is 13.7. The molecule has 0 N–H and O–H groups in total. The molecule has 0 amide bonds. The number of rotatable bonds is 8. The minimum absolute atomic E-state index is 0.0611. The number of Topliss-reactive ketones (excluding diaryl/α,β-unsaturated/α-hetero) is 1. The van der Waals surface area contributed by atoms with Crippen LogP contribution in [0.1, 0.15) is 22.8 Å². The van der Waals surface area contributed by atoms with Crippen molar-refractivity contribution >= 4 is 13.5 Å². The molecular formula is C28H25N2O7P. The highest BCUT2D eigenvalue weighted by Crippen LogP contribution is 2.44. The first-order valence-electron chi connectivity index (χ1n) is 11.2. The summed E-state index contributed by atoms with van der Waals surface area (Å²) in [7, 11) is -0.778. The summed E-state index contributed by atoms with van der Waals surface area (Å²) in [6.45, 7) is 1.46. The molecule has 10 heteroatoms. The van der Waals surface area contributed by atoms with Crippen molar-refractivity contribution in [2.24, 2.45) is 0 Å². The van der Waals surface area contributed by atoms with E-state index < -0.39 is 7.75 Å². The number of carbonyl (C=O) groups is 1. The second-order valence-electron chi connectivity index (χ2n) is 7.66. The van der Waals surface area contributed by atoms with Crippen LogP contribution in [0.2, 0.25) is 0 Å². The Morgan fingerprint density at radius 2 is 1.18 bits per heavy atom. The van der Waals surface area contributed by atoms with Gasteiger partial charge in [0.1, 0.15) is 23.0 Å². The van der Waals surface area contributed by atoms with Gasteiger partial charge < -0.3 is 23.6 Å². The van der Waals surface area contributed by atoms with Crippen molar-refractivity contribution < 1.29 is 37.3 Å². The van der Waals surface area contributed by atoms with Crippen molar-refractivity contribution in [3.63, 3.8) is 0 Å². The number of benzene rings is 3. The fourth-order valence-electron chi connectivity index (χ4n) is 3.00. The normalized spacial score (nSPS) is 10.3. The van der Waals surface area contributed by atoms with Crippen molar-refractivity contribution in [2.45, 2.75) is 6.92 Å². The molecule has 0 bridgehead atoms. The Morgan fingerprint density at radius 3 is 1.55 bits per heavy atom. The molecule has 38 heavy (non-hydrogen) atoms. The second kappa shape index (κ2) is 12.9. The first kappa shape index (κ1) is 27.8. The fourth-order valence-corrected chi connectivity index (χ4v) is 4.46. The lowest BCUT2D eigenvalue weighted by Gasteiger charge is -2.14. The van der Waals surface area contributed by atoms with Crippen molar-refractivity contribution in [1.82, 2.24) is 0 Å². The van der Waals surface area contributed by atoms with Crippen LogP contribution in [-0.2, 0) is 4.57 Å². The molecule has 4 aromatic rings. The molecule has 0 aliphatic heterocycles. The Hall–Kier alpha value is -4.80. The van der Waals surface area contributed by atoms with Gasteiger partial charge in [-0.05, 0) is 67.6 Å². The van der Waals surface area contributed by atoms with Gasteiger partial charge in [0.2, 0.25) is 0 Å². The standard InChI is InChI=1S/C21H21NO6P.C7H5NO/c1-16(23)17-12-14-22(15-13-17)29(24,27-20-8-4-18(25-2)5-9-20)28-21-10-6-19(26-3)7-11-21;8-5-6-1-3-7(9)4-2-6/h4-15H,1-3H3;1-4,9H/q+1;/p-1. The van der Waals surface area contributed by atoms with Gasteiger partial charge in [-0.1, -0.05) is 16.5 Å². The third-order valence-electron chi connectivity index (χ3n) is 5.05.